The van der Waals surface area contributed by atoms with Crippen LogP contribution in [-0.4, -0.2) is 6.04 Å². The predicted octanol–water partition coefficient (Wildman–Crippen LogP) is 4.86. The molecule has 3 rings (SSSR count). The summed E-state index contributed by atoms with van der Waals surface area (Å²) in [7, 11) is 0. The molecule has 0 amide bonds. The van der Waals surface area contributed by atoms with Gasteiger partial charge < -0.3 is 5.32 Å². The highest BCUT2D eigenvalue weighted by Crippen LogP contribution is 2.44. The zero-order valence-electron chi connectivity index (χ0n) is 10.5. The second-order valence-electron chi connectivity index (χ2n) is 5.73. The van der Waals surface area contributed by atoms with E-state index in [2.05, 4.69) is 5.32 Å². The Morgan fingerprint density at radius 1 is 1.11 bits per heavy atom. The Hall–Kier alpha value is -0.760. The molecule has 2 unspecified atom stereocenters. The Bertz CT molecular complexity index is 431. The molecule has 1 N–H and O–H groups in total. The van der Waals surface area contributed by atoms with Crippen molar-refractivity contribution in [2.75, 3.05) is 5.32 Å². The first-order valence-electron chi connectivity index (χ1n) is 6.94. The third kappa shape index (κ3) is 2.80. The molecule has 1 aromatic carbocycles. The molecular formula is C15H19ClFN. The van der Waals surface area contributed by atoms with Crippen LogP contribution in [0.3, 0.4) is 0 Å². The summed E-state index contributed by atoms with van der Waals surface area (Å²) >= 11 is 6.10. The van der Waals surface area contributed by atoms with Crippen molar-refractivity contribution in [3.05, 3.63) is 29.0 Å². The molecule has 18 heavy (non-hydrogen) atoms. The van der Waals surface area contributed by atoms with Gasteiger partial charge in [0.2, 0.25) is 0 Å². The zero-order valence-corrected chi connectivity index (χ0v) is 11.2. The highest BCUT2D eigenvalue weighted by atomic mass is 35.5. The van der Waals surface area contributed by atoms with E-state index in [0.29, 0.717) is 11.1 Å². The predicted molar refractivity (Wildman–Crippen MR) is 73.5 cm³/mol. The van der Waals surface area contributed by atoms with Crippen LogP contribution in [0.1, 0.15) is 38.5 Å². The van der Waals surface area contributed by atoms with Gasteiger partial charge in [-0.15, -0.1) is 0 Å². The molecule has 2 saturated carbocycles. The van der Waals surface area contributed by atoms with Crippen molar-refractivity contribution >= 4 is 17.3 Å². The molecule has 0 saturated heterocycles. The Morgan fingerprint density at radius 3 is 2.72 bits per heavy atom. The van der Waals surface area contributed by atoms with E-state index in [1.165, 1.54) is 50.7 Å². The lowest BCUT2D eigenvalue weighted by Gasteiger charge is -2.30. The summed E-state index contributed by atoms with van der Waals surface area (Å²) in [6.45, 7) is 0. The van der Waals surface area contributed by atoms with Crippen molar-refractivity contribution in [1.29, 1.82) is 0 Å². The van der Waals surface area contributed by atoms with Crippen LogP contribution in [0.4, 0.5) is 10.1 Å². The molecule has 3 heteroatoms. The van der Waals surface area contributed by atoms with Crippen molar-refractivity contribution in [3.63, 3.8) is 0 Å². The standard InChI is InChI=1S/C15H19ClFN/c16-14-7-6-12(17)9-15(14)18-13-3-1-2-11(8-13)10-4-5-10/h6-7,9-11,13,18H,1-5,8H2. The second-order valence-corrected chi connectivity index (χ2v) is 6.14. The lowest BCUT2D eigenvalue weighted by Crippen LogP contribution is -2.28. The van der Waals surface area contributed by atoms with Crippen LogP contribution in [0.2, 0.25) is 5.02 Å². The minimum absolute atomic E-state index is 0.226. The smallest absolute Gasteiger partial charge is 0.125 e. The van der Waals surface area contributed by atoms with E-state index >= 15 is 0 Å². The molecule has 1 nitrogen and oxygen atoms in total. The quantitative estimate of drug-likeness (QED) is 0.825. The van der Waals surface area contributed by atoms with Gasteiger partial charge in [0.25, 0.3) is 0 Å². The van der Waals surface area contributed by atoms with Gasteiger partial charge in [-0.3, -0.25) is 0 Å². The normalized spacial score (nSPS) is 28.1. The Morgan fingerprint density at radius 2 is 1.94 bits per heavy atom. The number of halogens is 2. The first-order valence-corrected chi connectivity index (χ1v) is 7.32. The summed E-state index contributed by atoms with van der Waals surface area (Å²) < 4.78 is 13.2. The van der Waals surface area contributed by atoms with Gasteiger partial charge in [-0.05, 0) is 55.7 Å². The van der Waals surface area contributed by atoms with Gasteiger partial charge in [0.05, 0.1) is 10.7 Å². The van der Waals surface area contributed by atoms with Crippen LogP contribution in [0.25, 0.3) is 0 Å². The number of nitrogens with one attached hydrogen (secondary N) is 1. The van der Waals surface area contributed by atoms with E-state index < -0.39 is 0 Å². The van der Waals surface area contributed by atoms with Crippen LogP contribution in [0.5, 0.6) is 0 Å². The summed E-state index contributed by atoms with van der Waals surface area (Å²) in [5, 5.41) is 4.05. The maximum Gasteiger partial charge on any atom is 0.125 e. The number of benzene rings is 1. The summed E-state index contributed by atoms with van der Waals surface area (Å²) in [5.41, 5.74) is 0.748. The van der Waals surface area contributed by atoms with Crippen molar-refractivity contribution < 1.29 is 4.39 Å². The first-order chi connectivity index (χ1) is 8.72. The molecule has 0 spiro atoms. The van der Waals surface area contributed by atoms with Gasteiger partial charge in [0.1, 0.15) is 5.82 Å². The third-order valence-corrected chi connectivity index (χ3v) is 4.62. The van der Waals surface area contributed by atoms with Crippen molar-refractivity contribution in [3.8, 4) is 0 Å². The number of hydrogen-bond acceptors (Lipinski definition) is 1. The fourth-order valence-corrected chi connectivity index (χ4v) is 3.35. The summed E-state index contributed by atoms with van der Waals surface area (Å²) in [4.78, 5) is 0. The van der Waals surface area contributed by atoms with Crippen molar-refractivity contribution in [1.82, 2.24) is 0 Å². The second kappa shape index (κ2) is 5.08. The minimum atomic E-state index is -0.226. The molecule has 2 aliphatic carbocycles. The molecule has 2 aliphatic rings. The Kier molecular flexibility index (Phi) is 3.47. The molecule has 2 fully saturated rings. The molecule has 98 valence electrons. The molecule has 0 aliphatic heterocycles. The Labute approximate surface area is 113 Å². The minimum Gasteiger partial charge on any atom is -0.381 e. The highest BCUT2D eigenvalue weighted by molar-refractivity contribution is 6.33. The maximum absolute atomic E-state index is 13.2. The van der Waals surface area contributed by atoms with Crippen molar-refractivity contribution in [2.45, 2.75) is 44.6 Å². The van der Waals surface area contributed by atoms with Gasteiger partial charge in [-0.2, -0.15) is 0 Å². The van der Waals surface area contributed by atoms with E-state index in [1.54, 1.807) is 6.07 Å². The van der Waals surface area contributed by atoms with Gasteiger partial charge in [0, 0.05) is 6.04 Å². The van der Waals surface area contributed by atoms with Gasteiger partial charge in [-0.25, -0.2) is 4.39 Å². The van der Waals surface area contributed by atoms with Crippen LogP contribution in [0, 0.1) is 17.7 Å². The van der Waals surface area contributed by atoms with E-state index in [4.69, 9.17) is 11.6 Å². The third-order valence-electron chi connectivity index (χ3n) is 4.29. The lowest BCUT2D eigenvalue weighted by atomic mass is 9.82. The average Bonchev–Trinajstić information content (AvgIpc) is 3.18. The van der Waals surface area contributed by atoms with Crippen LogP contribution in [-0.2, 0) is 0 Å². The van der Waals surface area contributed by atoms with Gasteiger partial charge >= 0.3 is 0 Å². The fourth-order valence-electron chi connectivity index (χ4n) is 3.18. The molecule has 2 atom stereocenters. The molecule has 1 aromatic rings. The average molecular weight is 268 g/mol. The summed E-state index contributed by atoms with van der Waals surface area (Å²) in [5.74, 6) is 1.62. The molecule has 0 aromatic heterocycles. The Balaban J connectivity index is 1.65. The van der Waals surface area contributed by atoms with E-state index in [1.807, 2.05) is 0 Å². The highest BCUT2D eigenvalue weighted by Gasteiger charge is 2.34. The fraction of sp³-hybridized carbons (Fsp3) is 0.600. The van der Waals surface area contributed by atoms with Gasteiger partial charge in [-0.1, -0.05) is 24.4 Å². The molecular weight excluding hydrogens is 249 g/mol. The van der Waals surface area contributed by atoms with Crippen LogP contribution < -0.4 is 5.32 Å². The molecule has 0 bridgehead atoms. The lowest BCUT2D eigenvalue weighted by molar-refractivity contribution is 0.303. The zero-order chi connectivity index (χ0) is 12.5. The van der Waals surface area contributed by atoms with E-state index in [9.17, 15) is 4.39 Å². The SMILES string of the molecule is Fc1ccc(Cl)c(NC2CCCC(C3CC3)C2)c1. The number of hydrogen-bond donors (Lipinski definition) is 1. The van der Waals surface area contributed by atoms with Crippen LogP contribution in [0.15, 0.2) is 18.2 Å². The molecule has 0 radical (unpaired) electrons. The van der Waals surface area contributed by atoms with E-state index in [-0.39, 0.29) is 5.82 Å². The van der Waals surface area contributed by atoms with Gasteiger partial charge in [0.15, 0.2) is 0 Å². The topological polar surface area (TPSA) is 12.0 Å². The largest absolute Gasteiger partial charge is 0.381 e. The number of rotatable bonds is 3. The summed E-state index contributed by atoms with van der Waals surface area (Å²) in [6.07, 6.45) is 7.88. The van der Waals surface area contributed by atoms with E-state index in [0.717, 1.165) is 17.5 Å². The van der Waals surface area contributed by atoms with Crippen LogP contribution >= 0.6 is 11.6 Å². The first kappa shape index (κ1) is 12.3. The number of anilines is 1. The molecule has 0 heterocycles. The monoisotopic (exact) mass is 267 g/mol. The maximum atomic E-state index is 13.2. The van der Waals surface area contributed by atoms with Crippen molar-refractivity contribution in [2.24, 2.45) is 11.8 Å². The summed E-state index contributed by atoms with van der Waals surface area (Å²) in [6, 6.07) is 4.99.